The van der Waals surface area contributed by atoms with Gasteiger partial charge in [-0.25, -0.2) is 9.97 Å². The Morgan fingerprint density at radius 3 is 2.10 bits per heavy atom. The molecule has 0 atom stereocenters. The van der Waals surface area contributed by atoms with Crippen molar-refractivity contribution in [1.82, 2.24) is 9.97 Å². The molecule has 0 aliphatic rings. The van der Waals surface area contributed by atoms with Crippen LogP contribution in [0.15, 0.2) is 24.3 Å². The zero-order valence-corrected chi connectivity index (χ0v) is 13.7. The summed E-state index contributed by atoms with van der Waals surface area (Å²) in [7, 11) is 0. The molecular formula is C16H18Cl2N2. The van der Waals surface area contributed by atoms with Crippen LogP contribution in [0.2, 0.25) is 10.2 Å². The molecule has 0 amide bonds. The molecule has 106 valence electrons. The molecule has 1 aromatic carbocycles. The average molecular weight is 309 g/mol. The van der Waals surface area contributed by atoms with Crippen LogP contribution in [0.5, 0.6) is 0 Å². The van der Waals surface area contributed by atoms with Crippen LogP contribution in [0.4, 0.5) is 0 Å². The largest absolute Gasteiger partial charge is 0.237 e. The van der Waals surface area contributed by atoms with Gasteiger partial charge in [0.2, 0.25) is 0 Å². The summed E-state index contributed by atoms with van der Waals surface area (Å²) in [6.45, 7) is 8.22. The highest BCUT2D eigenvalue weighted by Crippen LogP contribution is 2.25. The molecule has 2 rings (SSSR count). The molecule has 2 aromatic rings. The van der Waals surface area contributed by atoms with Crippen LogP contribution >= 0.6 is 23.2 Å². The predicted molar refractivity (Wildman–Crippen MR) is 84.7 cm³/mol. The zero-order valence-electron chi connectivity index (χ0n) is 12.2. The van der Waals surface area contributed by atoms with E-state index in [0.29, 0.717) is 11.6 Å². The quantitative estimate of drug-likeness (QED) is 0.731. The maximum atomic E-state index is 6.34. The van der Waals surface area contributed by atoms with Gasteiger partial charge in [0.1, 0.15) is 11.0 Å². The van der Waals surface area contributed by atoms with Crippen molar-refractivity contribution in [2.75, 3.05) is 0 Å². The van der Waals surface area contributed by atoms with E-state index in [0.717, 1.165) is 27.7 Å². The summed E-state index contributed by atoms with van der Waals surface area (Å²) in [5.41, 5.74) is 2.95. The van der Waals surface area contributed by atoms with Gasteiger partial charge in [-0.1, -0.05) is 56.1 Å². The van der Waals surface area contributed by atoms with Gasteiger partial charge in [-0.15, -0.1) is 0 Å². The minimum atomic E-state index is -0.104. The molecule has 0 aliphatic heterocycles. The van der Waals surface area contributed by atoms with E-state index in [1.54, 1.807) is 0 Å². The van der Waals surface area contributed by atoms with Gasteiger partial charge < -0.3 is 0 Å². The average Bonchev–Trinajstić information content (AvgIpc) is 2.34. The number of aromatic nitrogens is 2. The van der Waals surface area contributed by atoms with Gasteiger partial charge in [0.15, 0.2) is 0 Å². The van der Waals surface area contributed by atoms with Crippen LogP contribution in [0.1, 0.15) is 43.4 Å². The highest BCUT2D eigenvalue weighted by molar-refractivity contribution is 6.30. The van der Waals surface area contributed by atoms with Crippen LogP contribution in [-0.2, 0) is 11.8 Å². The summed E-state index contributed by atoms with van der Waals surface area (Å²) in [6.07, 6.45) is 0.715. The smallest absolute Gasteiger partial charge is 0.136 e. The van der Waals surface area contributed by atoms with Crippen molar-refractivity contribution in [1.29, 1.82) is 0 Å². The Bertz CT molecular complexity index is 590. The van der Waals surface area contributed by atoms with Crippen molar-refractivity contribution < 1.29 is 0 Å². The van der Waals surface area contributed by atoms with Gasteiger partial charge in [0, 0.05) is 28.1 Å². The summed E-state index contributed by atoms with van der Waals surface area (Å²) in [5.74, 6) is 0.778. The van der Waals surface area contributed by atoms with Crippen LogP contribution in [0, 0.1) is 6.92 Å². The Morgan fingerprint density at radius 1 is 1.00 bits per heavy atom. The third-order valence-corrected chi connectivity index (χ3v) is 3.69. The molecular weight excluding hydrogens is 291 g/mol. The first-order valence-corrected chi connectivity index (χ1v) is 7.31. The van der Waals surface area contributed by atoms with Crippen molar-refractivity contribution in [2.24, 2.45) is 0 Å². The minimum Gasteiger partial charge on any atom is -0.237 e. The second-order valence-electron chi connectivity index (χ2n) is 5.96. The Morgan fingerprint density at radius 2 is 1.60 bits per heavy atom. The van der Waals surface area contributed by atoms with E-state index in [-0.39, 0.29) is 5.41 Å². The van der Waals surface area contributed by atoms with E-state index < -0.39 is 0 Å². The molecule has 0 N–H and O–H groups in total. The molecule has 20 heavy (non-hydrogen) atoms. The number of aryl methyl sites for hydroxylation is 1. The van der Waals surface area contributed by atoms with E-state index in [1.165, 1.54) is 0 Å². The van der Waals surface area contributed by atoms with Gasteiger partial charge >= 0.3 is 0 Å². The minimum absolute atomic E-state index is 0.104. The molecule has 0 saturated heterocycles. The number of benzene rings is 1. The Labute approximate surface area is 130 Å². The molecule has 4 heteroatoms. The standard InChI is InChI=1S/C16H18Cl2N2/c1-10-13(9-11-5-7-12(17)8-6-11)14(18)20-15(19-10)16(2,3)4/h5-8H,9H2,1-4H3. The fourth-order valence-corrected chi connectivity index (χ4v) is 2.31. The van der Waals surface area contributed by atoms with Crippen molar-refractivity contribution in [3.8, 4) is 0 Å². The van der Waals surface area contributed by atoms with E-state index in [9.17, 15) is 0 Å². The third-order valence-electron chi connectivity index (χ3n) is 3.13. The fraction of sp³-hybridized carbons (Fsp3) is 0.375. The highest BCUT2D eigenvalue weighted by Gasteiger charge is 2.20. The highest BCUT2D eigenvalue weighted by atomic mass is 35.5. The number of nitrogens with zero attached hydrogens (tertiary/aromatic N) is 2. The molecule has 1 heterocycles. The zero-order chi connectivity index (χ0) is 14.9. The van der Waals surface area contributed by atoms with Gasteiger partial charge in [0.25, 0.3) is 0 Å². The second kappa shape index (κ2) is 5.71. The molecule has 0 spiro atoms. The summed E-state index contributed by atoms with van der Waals surface area (Å²) < 4.78 is 0. The van der Waals surface area contributed by atoms with E-state index in [2.05, 4.69) is 30.7 Å². The molecule has 0 bridgehead atoms. The van der Waals surface area contributed by atoms with Gasteiger partial charge in [-0.05, 0) is 24.6 Å². The number of hydrogen-bond donors (Lipinski definition) is 0. The van der Waals surface area contributed by atoms with Crippen molar-refractivity contribution >= 4 is 23.2 Å². The molecule has 2 nitrogen and oxygen atoms in total. The maximum absolute atomic E-state index is 6.34. The van der Waals surface area contributed by atoms with Gasteiger partial charge in [-0.3, -0.25) is 0 Å². The lowest BCUT2D eigenvalue weighted by Gasteiger charge is -2.19. The molecule has 0 radical (unpaired) electrons. The van der Waals surface area contributed by atoms with Crippen molar-refractivity contribution in [3.05, 3.63) is 57.1 Å². The lowest BCUT2D eigenvalue weighted by molar-refractivity contribution is 0.542. The van der Waals surface area contributed by atoms with Gasteiger partial charge in [-0.2, -0.15) is 0 Å². The molecule has 1 aromatic heterocycles. The number of hydrogen-bond acceptors (Lipinski definition) is 2. The van der Waals surface area contributed by atoms with Crippen molar-refractivity contribution in [3.63, 3.8) is 0 Å². The van der Waals surface area contributed by atoms with Crippen molar-refractivity contribution in [2.45, 2.75) is 39.5 Å². The first-order chi connectivity index (χ1) is 9.27. The molecule has 0 saturated carbocycles. The lowest BCUT2D eigenvalue weighted by Crippen LogP contribution is -2.18. The molecule has 0 unspecified atom stereocenters. The predicted octanol–water partition coefficient (Wildman–Crippen LogP) is 4.98. The monoisotopic (exact) mass is 308 g/mol. The van der Waals surface area contributed by atoms with Gasteiger partial charge in [0.05, 0.1) is 0 Å². The molecule has 0 aliphatic carbocycles. The maximum Gasteiger partial charge on any atom is 0.136 e. The normalized spacial score (nSPS) is 11.7. The SMILES string of the molecule is Cc1nc(C(C)(C)C)nc(Cl)c1Cc1ccc(Cl)cc1. The summed E-state index contributed by atoms with van der Waals surface area (Å²) in [4.78, 5) is 9.04. The number of halogens is 2. The number of rotatable bonds is 2. The lowest BCUT2D eigenvalue weighted by atomic mass is 9.95. The van der Waals surface area contributed by atoms with E-state index >= 15 is 0 Å². The van der Waals surface area contributed by atoms with E-state index in [1.807, 2.05) is 31.2 Å². The Balaban J connectivity index is 2.36. The van der Waals surface area contributed by atoms with Crippen LogP contribution in [-0.4, -0.2) is 9.97 Å². The Hall–Kier alpha value is -1.12. The second-order valence-corrected chi connectivity index (χ2v) is 6.75. The van der Waals surface area contributed by atoms with Crippen LogP contribution in [0.25, 0.3) is 0 Å². The Kier molecular flexibility index (Phi) is 4.36. The third kappa shape index (κ3) is 3.50. The fourth-order valence-electron chi connectivity index (χ4n) is 1.90. The first kappa shape index (κ1) is 15.3. The first-order valence-electron chi connectivity index (χ1n) is 6.55. The van der Waals surface area contributed by atoms with Crippen LogP contribution in [0.3, 0.4) is 0 Å². The summed E-state index contributed by atoms with van der Waals surface area (Å²) in [6, 6.07) is 7.75. The summed E-state index contributed by atoms with van der Waals surface area (Å²) in [5, 5.41) is 1.27. The summed E-state index contributed by atoms with van der Waals surface area (Å²) >= 11 is 12.2. The topological polar surface area (TPSA) is 25.8 Å². The van der Waals surface area contributed by atoms with Crippen LogP contribution < -0.4 is 0 Å². The molecule has 0 fully saturated rings. The van der Waals surface area contributed by atoms with E-state index in [4.69, 9.17) is 23.2 Å².